The van der Waals surface area contributed by atoms with Crippen molar-refractivity contribution in [2.24, 2.45) is 0 Å². The minimum atomic E-state index is -4.38. The summed E-state index contributed by atoms with van der Waals surface area (Å²) in [7, 11) is -2.94. The van der Waals surface area contributed by atoms with E-state index in [1.54, 1.807) is 16.7 Å². The number of fused-ring (bicyclic) bond motifs is 3. The number of nitrogen functional groups attached to an aromatic ring is 1. The Morgan fingerprint density at radius 1 is 1.23 bits per heavy atom. The van der Waals surface area contributed by atoms with Gasteiger partial charge in [-0.15, -0.1) is 0 Å². The van der Waals surface area contributed by atoms with Gasteiger partial charge in [-0.05, 0) is 51.1 Å². The fourth-order valence-electron chi connectivity index (χ4n) is 4.18. The predicted molar refractivity (Wildman–Crippen MR) is 153 cm³/mol. The van der Waals surface area contributed by atoms with Gasteiger partial charge in [0.1, 0.15) is 23.7 Å². The van der Waals surface area contributed by atoms with E-state index in [2.05, 4.69) is 20.4 Å². The van der Waals surface area contributed by atoms with Crippen LogP contribution in [0.15, 0.2) is 48.5 Å². The first-order chi connectivity index (χ1) is 18.9. The van der Waals surface area contributed by atoms with Crippen molar-refractivity contribution >= 4 is 53.0 Å². The summed E-state index contributed by atoms with van der Waals surface area (Å²) in [6.45, 7) is 4.96. The first kappa shape index (κ1) is 29.7. The molecule has 0 radical (unpaired) electrons. The number of benzene rings is 2. The largest absolute Gasteiger partial charge is 0.462 e. The van der Waals surface area contributed by atoms with Crippen molar-refractivity contribution in [2.45, 2.75) is 45.8 Å². The SMILES string of the molecule is CCOCc1nc2c(N)nc3ccccc3c2n1CC(C)(O)O[P@@](=O)(N[C@@H](C)C(=O)NC)Oc1ccc(Cl)cc1. The number of ether oxygens (including phenoxy) is 1. The van der Waals surface area contributed by atoms with E-state index in [1.165, 1.54) is 33.0 Å². The van der Waals surface area contributed by atoms with Crippen LogP contribution in [0, 0.1) is 0 Å². The average Bonchev–Trinajstić information content (AvgIpc) is 3.25. The maximum absolute atomic E-state index is 14.0. The van der Waals surface area contributed by atoms with Crippen molar-refractivity contribution in [3.8, 4) is 5.75 Å². The summed E-state index contributed by atoms with van der Waals surface area (Å²) in [5, 5.41) is 17.8. The van der Waals surface area contributed by atoms with E-state index < -0.39 is 25.5 Å². The Kier molecular flexibility index (Phi) is 8.99. The Labute approximate surface area is 236 Å². The number of hydrogen-bond acceptors (Lipinski definition) is 9. The predicted octanol–water partition coefficient (Wildman–Crippen LogP) is 3.99. The lowest BCUT2D eigenvalue weighted by molar-refractivity contribution is -0.138. The molecule has 0 saturated heterocycles. The second-order valence-corrected chi connectivity index (χ2v) is 11.3. The number of aromatic nitrogens is 3. The van der Waals surface area contributed by atoms with Crippen LogP contribution >= 0.6 is 19.3 Å². The van der Waals surface area contributed by atoms with Crippen molar-refractivity contribution in [1.82, 2.24) is 24.9 Å². The number of nitrogens with two attached hydrogens (primary N) is 1. The molecule has 0 fully saturated rings. The third kappa shape index (κ3) is 6.72. The number of anilines is 1. The Morgan fingerprint density at radius 2 is 1.93 bits per heavy atom. The number of nitrogens with zero attached hydrogens (tertiary/aromatic N) is 3. The monoisotopic (exact) mass is 590 g/mol. The second kappa shape index (κ2) is 12.1. The number of nitrogens with one attached hydrogen (secondary N) is 2. The molecule has 4 rings (SSSR count). The first-order valence-corrected chi connectivity index (χ1v) is 14.5. The molecule has 2 aromatic carbocycles. The number of amides is 1. The number of pyridine rings is 1. The van der Waals surface area contributed by atoms with Crippen molar-refractivity contribution in [3.05, 3.63) is 59.4 Å². The molecule has 1 unspecified atom stereocenters. The van der Waals surface area contributed by atoms with Gasteiger partial charge < -0.3 is 30.0 Å². The molecule has 0 bridgehead atoms. The lowest BCUT2D eigenvalue weighted by Gasteiger charge is -2.31. The number of hydrogen-bond donors (Lipinski definition) is 4. The lowest BCUT2D eigenvalue weighted by atomic mass is 10.2. The van der Waals surface area contributed by atoms with Gasteiger partial charge >= 0.3 is 7.75 Å². The van der Waals surface area contributed by atoms with Crippen LogP contribution in [-0.4, -0.2) is 51.0 Å². The first-order valence-electron chi connectivity index (χ1n) is 12.5. The maximum atomic E-state index is 14.0. The highest BCUT2D eigenvalue weighted by molar-refractivity contribution is 7.52. The van der Waals surface area contributed by atoms with Gasteiger partial charge in [0.15, 0.2) is 11.6 Å². The van der Waals surface area contributed by atoms with Crippen LogP contribution in [0.5, 0.6) is 5.75 Å². The topological polar surface area (TPSA) is 163 Å². The van der Waals surface area contributed by atoms with Crippen LogP contribution < -0.4 is 20.7 Å². The van der Waals surface area contributed by atoms with Gasteiger partial charge in [-0.25, -0.2) is 14.5 Å². The van der Waals surface area contributed by atoms with Crippen molar-refractivity contribution in [3.63, 3.8) is 0 Å². The molecule has 40 heavy (non-hydrogen) atoms. The number of carbonyl (C=O) groups excluding carboxylic acids is 1. The van der Waals surface area contributed by atoms with E-state index >= 15 is 0 Å². The van der Waals surface area contributed by atoms with E-state index in [1.807, 2.05) is 31.2 Å². The number of imidazole rings is 1. The quantitative estimate of drug-likeness (QED) is 0.140. The van der Waals surface area contributed by atoms with E-state index in [4.69, 9.17) is 31.1 Å². The normalized spacial score (nSPS) is 15.4. The summed E-state index contributed by atoms with van der Waals surface area (Å²) in [6.07, 6.45) is 0. The Bertz CT molecular complexity index is 1560. The molecule has 0 saturated carbocycles. The van der Waals surface area contributed by atoms with Gasteiger partial charge in [0.05, 0.1) is 23.6 Å². The molecular formula is C26H32ClN6O6P. The Morgan fingerprint density at radius 3 is 2.60 bits per heavy atom. The van der Waals surface area contributed by atoms with Crippen LogP contribution in [0.2, 0.25) is 5.02 Å². The van der Waals surface area contributed by atoms with E-state index in [0.717, 1.165) is 5.39 Å². The second-order valence-electron chi connectivity index (χ2n) is 9.24. The molecule has 2 aromatic heterocycles. The molecule has 214 valence electrons. The molecule has 14 heteroatoms. The summed E-state index contributed by atoms with van der Waals surface area (Å²) < 4.78 is 32.8. The molecule has 0 aliphatic carbocycles. The molecule has 0 aliphatic rings. The number of rotatable bonds is 12. The van der Waals surface area contributed by atoms with Crippen LogP contribution in [0.4, 0.5) is 5.82 Å². The van der Waals surface area contributed by atoms with E-state index in [-0.39, 0.29) is 24.7 Å². The van der Waals surface area contributed by atoms with Crippen molar-refractivity contribution in [1.29, 1.82) is 0 Å². The lowest BCUT2D eigenvalue weighted by Crippen LogP contribution is -2.43. The summed E-state index contributed by atoms with van der Waals surface area (Å²) in [4.78, 5) is 21.3. The smallest absolute Gasteiger partial charge is 0.413 e. The number of halogens is 1. The molecule has 12 nitrogen and oxygen atoms in total. The zero-order chi connectivity index (χ0) is 29.1. The highest BCUT2D eigenvalue weighted by Crippen LogP contribution is 2.48. The molecule has 0 spiro atoms. The van der Waals surface area contributed by atoms with Gasteiger partial charge in [0, 0.05) is 24.1 Å². The minimum Gasteiger partial charge on any atom is -0.413 e. The molecule has 1 amide bonds. The standard InChI is InChI=1S/C26H32ClN6O6P/c1-5-37-14-21-31-22-23(19-8-6-7-9-20(19)30-24(22)28)33(21)15-26(3,35)39-40(36,32-16(2)25(34)29-4)38-18-12-10-17(27)11-13-18/h6-13,16,35H,5,14-15H2,1-4H3,(H2,28,30)(H,29,34)(H,32,36)/t16-,26?,40+/m0/s1. The third-order valence-electron chi connectivity index (χ3n) is 5.92. The molecule has 2 heterocycles. The van der Waals surface area contributed by atoms with E-state index in [9.17, 15) is 14.5 Å². The maximum Gasteiger partial charge on any atom is 0.462 e. The summed E-state index contributed by atoms with van der Waals surface area (Å²) in [6, 6.07) is 12.5. The molecule has 0 aliphatic heterocycles. The fraction of sp³-hybridized carbons (Fsp3) is 0.346. The van der Waals surface area contributed by atoms with Gasteiger partial charge in [-0.2, -0.15) is 5.09 Å². The number of aliphatic hydroxyl groups is 1. The minimum absolute atomic E-state index is 0.111. The van der Waals surface area contributed by atoms with Crippen molar-refractivity contribution in [2.75, 3.05) is 19.4 Å². The van der Waals surface area contributed by atoms with Gasteiger partial charge in [-0.1, -0.05) is 29.8 Å². The van der Waals surface area contributed by atoms with Crippen molar-refractivity contribution < 1.29 is 28.3 Å². The fourth-order valence-corrected chi connectivity index (χ4v) is 6.01. The number of carbonyl (C=O) groups is 1. The highest BCUT2D eigenvalue weighted by atomic mass is 35.5. The summed E-state index contributed by atoms with van der Waals surface area (Å²) in [5.74, 6) is -1.76. The van der Waals surface area contributed by atoms with Crippen LogP contribution in [0.25, 0.3) is 21.9 Å². The molecule has 3 atom stereocenters. The highest BCUT2D eigenvalue weighted by Gasteiger charge is 2.40. The van der Waals surface area contributed by atoms with Crippen LogP contribution in [0.3, 0.4) is 0 Å². The number of para-hydroxylation sites is 1. The van der Waals surface area contributed by atoms with Crippen LogP contribution in [0.1, 0.15) is 26.6 Å². The molecule has 4 aromatic rings. The van der Waals surface area contributed by atoms with Gasteiger partial charge in [0.25, 0.3) is 0 Å². The van der Waals surface area contributed by atoms with Crippen LogP contribution in [-0.2, 0) is 31.8 Å². The summed E-state index contributed by atoms with van der Waals surface area (Å²) >= 11 is 5.97. The van der Waals surface area contributed by atoms with Gasteiger partial charge in [0.2, 0.25) is 5.91 Å². The summed E-state index contributed by atoms with van der Waals surface area (Å²) in [5.41, 5.74) is 7.91. The zero-order valence-electron chi connectivity index (χ0n) is 22.6. The van der Waals surface area contributed by atoms with Gasteiger partial charge in [-0.3, -0.25) is 9.32 Å². The molecular weight excluding hydrogens is 559 g/mol. The van der Waals surface area contributed by atoms with E-state index in [0.29, 0.717) is 34.0 Å². The Balaban J connectivity index is 1.75. The molecule has 5 N–H and O–H groups in total. The number of likely N-dealkylation sites (N-methyl/N-ethyl adjacent to an activating group) is 1. The average molecular weight is 591 g/mol. The third-order valence-corrected chi connectivity index (χ3v) is 7.96. The zero-order valence-corrected chi connectivity index (χ0v) is 24.2. The Hall–Kier alpha value is -3.25.